The fourth-order valence-corrected chi connectivity index (χ4v) is 9.45. The lowest BCUT2D eigenvalue weighted by molar-refractivity contribution is -0.141. The number of amides is 4. The Morgan fingerprint density at radius 2 is 1.58 bits per heavy atom. The van der Waals surface area contributed by atoms with Gasteiger partial charge in [-0.15, -0.1) is 0 Å². The predicted molar refractivity (Wildman–Crippen MR) is 193 cm³/mol. The summed E-state index contributed by atoms with van der Waals surface area (Å²) in [5.41, 5.74) is 4.06. The molecule has 2 saturated heterocycles. The van der Waals surface area contributed by atoms with E-state index in [1.165, 1.54) is 35.2 Å². The lowest BCUT2D eigenvalue weighted by Gasteiger charge is -2.50. The third kappa shape index (κ3) is 5.32. The van der Waals surface area contributed by atoms with Gasteiger partial charge in [0.05, 0.1) is 28.9 Å². The number of likely N-dealkylation sites (tertiary alicyclic amines) is 1. The quantitative estimate of drug-likeness (QED) is 0.138. The number of imide groups is 2. The number of phenolic OH excluding ortho intramolecular Hbond substituents is 2. The number of hydrogen-bond acceptors (Lipinski definition) is 7. The van der Waals surface area contributed by atoms with E-state index in [0.717, 1.165) is 10.6 Å². The standard InChI is InChI=1S/C40H32BrClFN3O6/c41-23-5-16-33(48)31(19-23)35-28-14-15-29-34(38(51)45(36(29)49)18-17-21-1-12-27(47)13-2-21)30(28)20-32-37(50)46(44-26-10-8-25(43)9-11-26)39(52)40(32,35)22-3-6-24(42)7-4-22/h1-14,16,19,29-30,32,34-35,44,47-48H,15,17-18,20H2. The first-order chi connectivity index (χ1) is 25.0. The van der Waals surface area contributed by atoms with Gasteiger partial charge in [-0.3, -0.25) is 29.5 Å². The van der Waals surface area contributed by atoms with E-state index in [-0.39, 0.29) is 42.7 Å². The minimum absolute atomic E-state index is 0.0812. The Hall–Kier alpha value is -5.00. The molecule has 264 valence electrons. The van der Waals surface area contributed by atoms with Gasteiger partial charge in [0.1, 0.15) is 17.3 Å². The molecule has 1 saturated carbocycles. The lowest BCUT2D eigenvalue weighted by atomic mass is 9.49. The number of phenols is 2. The fourth-order valence-electron chi connectivity index (χ4n) is 8.95. The van der Waals surface area contributed by atoms with Crippen LogP contribution in [0.3, 0.4) is 0 Å². The average Bonchev–Trinajstić information content (AvgIpc) is 3.50. The molecule has 4 aromatic carbocycles. The van der Waals surface area contributed by atoms with Crippen LogP contribution in [-0.2, 0) is 31.0 Å². The highest BCUT2D eigenvalue weighted by Crippen LogP contribution is 2.65. The maximum atomic E-state index is 15.2. The summed E-state index contributed by atoms with van der Waals surface area (Å²) in [6.07, 6.45) is 2.64. The first kappa shape index (κ1) is 34.1. The zero-order valence-electron chi connectivity index (χ0n) is 27.5. The van der Waals surface area contributed by atoms with Gasteiger partial charge in [-0.2, -0.15) is 5.01 Å². The number of halogens is 3. The molecule has 4 aromatic rings. The highest BCUT2D eigenvalue weighted by atomic mass is 79.9. The molecular formula is C40H32BrClFN3O6. The molecule has 4 amide bonds. The van der Waals surface area contributed by atoms with Crippen molar-refractivity contribution in [1.82, 2.24) is 9.91 Å². The highest BCUT2D eigenvalue weighted by molar-refractivity contribution is 9.10. The molecule has 9 nitrogen and oxygen atoms in total. The second-order valence-corrected chi connectivity index (χ2v) is 15.2. The molecule has 0 aromatic heterocycles. The molecule has 6 atom stereocenters. The van der Waals surface area contributed by atoms with Crippen LogP contribution >= 0.6 is 27.5 Å². The summed E-state index contributed by atoms with van der Waals surface area (Å²) in [6, 6.07) is 23.5. The van der Waals surface area contributed by atoms with E-state index in [1.807, 2.05) is 6.08 Å². The number of hydrazine groups is 1. The summed E-state index contributed by atoms with van der Waals surface area (Å²) >= 11 is 9.88. The number of carbonyl (C=O) groups is 4. The van der Waals surface area contributed by atoms with Crippen molar-refractivity contribution in [3.05, 3.63) is 135 Å². The fraction of sp³-hybridized carbons (Fsp3) is 0.250. The van der Waals surface area contributed by atoms with Crippen molar-refractivity contribution >= 4 is 56.8 Å². The Morgan fingerprint density at radius 3 is 2.29 bits per heavy atom. The van der Waals surface area contributed by atoms with Gasteiger partial charge in [-0.05, 0) is 103 Å². The zero-order valence-corrected chi connectivity index (χ0v) is 29.9. The van der Waals surface area contributed by atoms with Crippen molar-refractivity contribution in [2.75, 3.05) is 12.0 Å². The second-order valence-electron chi connectivity index (χ2n) is 13.8. The first-order valence-electron chi connectivity index (χ1n) is 17.0. The number of carbonyl (C=O) groups excluding carboxylic acids is 4. The summed E-state index contributed by atoms with van der Waals surface area (Å²) < 4.78 is 14.5. The van der Waals surface area contributed by atoms with Crippen molar-refractivity contribution in [2.24, 2.45) is 23.7 Å². The molecular weight excluding hydrogens is 753 g/mol. The summed E-state index contributed by atoms with van der Waals surface area (Å²) in [4.78, 5) is 59.5. The highest BCUT2D eigenvalue weighted by Gasteiger charge is 2.70. The van der Waals surface area contributed by atoms with Crippen molar-refractivity contribution in [2.45, 2.75) is 30.6 Å². The molecule has 2 heterocycles. The molecule has 0 bridgehead atoms. The number of fused-ring (bicyclic) bond motifs is 4. The number of allylic oxidation sites excluding steroid dienone is 2. The van der Waals surface area contributed by atoms with Crippen LogP contribution < -0.4 is 5.43 Å². The Balaban J connectivity index is 1.26. The molecule has 52 heavy (non-hydrogen) atoms. The summed E-state index contributed by atoms with van der Waals surface area (Å²) in [6.45, 7) is 0.151. The third-order valence-electron chi connectivity index (χ3n) is 11.2. The molecule has 2 aliphatic heterocycles. The molecule has 8 rings (SSSR count). The van der Waals surface area contributed by atoms with Crippen molar-refractivity contribution < 1.29 is 33.8 Å². The smallest absolute Gasteiger partial charge is 0.260 e. The van der Waals surface area contributed by atoms with Gasteiger partial charge in [0.25, 0.3) is 11.8 Å². The SMILES string of the molecule is O=C1C2CC=C3C(CC4C(=O)N(Nc5ccc(F)cc5)C(=O)C4(c4ccc(Cl)cc4)C3c3cc(Br)ccc3O)C2C(=O)N1CCc1ccc(O)cc1. The number of hydrogen-bond donors (Lipinski definition) is 3. The van der Waals surface area contributed by atoms with E-state index in [9.17, 15) is 29.0 Å². The van der Waals surface area contributed by atoms with E-state index >= 15 is 4.79 Å². The number of nitrogens with one attached hydrogen (secondary N) is 1. The normalized spacial score (nSPS) is 26.6. The maximum Gasteiger partial charge on any atom is 0.260 e. The number of rotatable bonds is 7. The van der Waals surface area contributed by atoms with E-state index in [0.29, 0.717) is 38.3 Å². The Morgan fingerprint density at radius 1 is 0.865 bits per heavy atom. The topological polar surface area (TPSA) is 127 Å². The van der Waals surface area contributed by atoms with E-state index < -0.39 is 52.6 Å². The zero-order chi connectivity index (χ0) is 36.5. The van der Waals surface area contributed by atoms with Crippen LogP contribution in [0.5, 0.6) is 11.5 Å². The number of benzene rings is 4. The molecule has 2 aliphatic carbocycles. The van der Waals surface area contributed by atoms with Gasteiger partial charge in [0, 0.05) is 27.5 Å². The van der Waals surface area contributed by atoms with E-state index in [1.54, 1.807) is 60.7 Å². The summed E-state index contributed by atoms with van der Waals surface area (Å²) in [5, 5.41) is 22.6. The van der Waals surface area contributed by atoms with Crippen molar-refractivity contribution in [1.29, 1.82) is 0 Å². The van der Waals surface area contributed by atoms with Gasteiger partial charge in [-0.1, -0.05) is 63.4 Å². The van der Waals surface area contributed by atoms with Crippen molar-refractivity contribution in [3.63, 3.8) is 0 Å². The van der Waals surface area contributed by atoms with Gasteiger partial charge >= 0.3 is 0 Å². The number of anilines is 1. The molecule has 3 fully saturated rings. The number of nitrogens with zero attached hydrogens (tertiary/aromatic N) is 2. The summed E-state index contributed by atoms with van der Waals surface area (Å²) in [7, 11) is 0. The monoisotopic (exact) mass is 783 g/mol. The minimum Gasteiger partial charge on any atom is -0.508 e. The van der Waals surface area contributed by atoms with Crippen molar-refractivity contribution in [3.8, 4) is 11.5 Å². The molecule has 0 spiro atoms. The van der Waals surface area contributed by atoms with E-state index in [2.05, 4.69) is 21.4 Å². The van der Waals surface area contributed by atoms with Gasteiger partial charge in [0.15, 0.2) is 0 Å². The summed E-state index contributed by atoms with van der Waals surface area (Å²) in [5.74, 6) is -6.22. The average molecular weight is 785 g/mol. The second kappa shape index (κ2) is 12.9. The van der Waals surface area contributed by atoms with Crippen LogP contribution in [0.4, 0.5) is 10.1 Å². The Kier molecular flexibility index (Phi) is 8.46. The van der Waals surface area contributed by atoms with E-state index in [4.69, 9.17) is 11.6 Å². The molecule has 0 radical (unpaired) electrons. The molecule has 4 aliphatic rings. The minimum atomic E-state index is -1.60. The van der Waals surface area contributed by atoms with Gasteiger partial charge < -0.3 is 10.2 Å². The predicted octanol–water partition coefficient (Wildman–Crippen LogP) is 6.88. The molecule has 6 unspecified atom stereocenters. The van der Waals surface area contributed by atoms with Crippen LogP contribution in [-0.4, -0.2) is 50.3 Å². The maximum absolute atomic E-state index is 15.2. The number of aromatic hydroxyl groups is 2. The largest absolute Gasteiger partial charge is 0.508 e. The Bertz CT molecular complexity index is 2160. The van der Waals surface area contributed by atoms with Crippen LogP contribution in [0.15, 0.2) is 107 Å². The third-order valence-corrected chi connectivity index (χ3v) is 12.0. The Labute approximate surface area is 311 Å². The van der Waals surface area contributed by atoms with Crippen LogP contribution in [0.25, 0.3) is 0 Å². The van der Waals surface area contributed by atoms with Gasteiger partial charge in [0.2, 0.25) is 11.8 Å². The van der Waals surface area contributed by atoms with Crippen LogP contribution in [0, 0.1) is 29.5 Å². The van der Waals surface area contributed by atoms with Gasteiger partial charge in [-0.25, -0.2) is 4.39 Å². The van der Waals surface area contributed by atoms with Crippen LogP contribution in [0.1, 0.15) is 35.4 Å². The molecule has 12 heteroatoms. The lowest BCUT2D eigenvalue weighted by Crippen LogP contribution is -2.53. The molecule has 3 N–H and O–H groups in total. The first-order valence-corrected chi connectivity index (χ1v) is 18.1. The van der Waals surface area contributed by atoms with Crippen LogP contribution in [0.2, 0.25) is 5.02 Å².